The Morgan fingerprint density at radius 3 is 2.58 bits per heavy atom. The fourth-order valence-electron chi connectivity index (χ4n) is 3.52. The van der Waals surface area contributed by atoms with Crippen molar-refractivity contribution >= 4 is 40.1 Å². The van der Waals surface area contributed by atoms with Crippen LogP contribution in [-0.4, -0.2) is 15.0 Å². The second kappa shape index (κ2) is 7.97. The van der Waals surface area contributed by atoms with Crippen LogP contribution in [0.5, 0.6) is 0 Å². The highest BCUT2D eigenvalue weighted by Crippen LogP contribution is 2.31. The quantitative estimate of drug-likeness (QED) is 0.383. The van der Waals surface area contributed by atoms with E-state index in [2.05, 4.69) is 20.3 Å². The van der Waals surface area contributed by atoms with Gasteiger partial charge in [-0.2, -0.15) is 15.2 Å². The molecule has 0 fully saturated rings. The first-order valence-electron chi connectivity index (χ1n) is 9.40. The van der Waals surface area contributed by atoms with Crippen LogP contribution >= 0.6 is 11.6 Å². The number of nitrogen functional groups attached to an aromatic ring is 2. The average Bonchev–Trinajstić information content (AvgIpc) is 2.74. The number of nitrogens with two attached hydrogens (primary N) is 2. The van der Waals surface area contributed by atoms with Gasteiger partial charge in [-0.1, -0.05) is 48.0 Å². The number of nitriles is 1. The molecule has 1 atom stereocenters. The van der Waals surface area contributed by atoms with Crippen LogP contribution in [0.2, 0.25) is 5.02 Å². The van der Waals surface area contributed by atoms with Crippen molar-refractivity contribution in [3.05, 3.63) is 74.9 Å². The third-order valence-electron chi connectivity index (χ3n) is 4.94. The zero-order valence-electron chi connectivity index (χ0n) is 16.5. The SMILES string of the molecule is CC(Nc1nc(N)nc(N)c1C#N)c1c(-c2ccccc2)[nH]c2c(Cl)cccc2c1=O. The van der Waals surface area contributed by atoms with Gasteiger partial charge in [-0.05, 0) is 24.6 Å². The Bertz CT molecular complexity index is 1390. The number of rotatable bonds is 4. The van der Waals surface area contributed by atoms with Crippen LogP contribution in [0.3, 0.4) is 0 Å². The number of nitrogens with one attached hydrogen (secondary N) is 2. The lowest BCUT2D eigenvalue weighted by molar-refractivity contribution is 0.862. The van der Waals surface area contributed by atoms with Crippen LogP contribution in [0.15, 0.2) is 53.3 Å². The zero-order valence-corrected chi connectivity index (χ0v) is 17.2. The minimum Gasteiger partial charge on any atom is -0.382 e. The van der Waals surface area contributed by atoms with Crippen molar-refractivity contribution < 1.29 is 0 Å². The normalized spacial score (nSPS) is 11.8. The van der Waals surface area contributed by atoms with Gasteiger partial charge in [0.2, 0.25) is 5.95 Å². The van der Waals surface area contributed by atoms with Crippen LogP contribution in [-0.2, 0) is 0 Å². The molecule has 0 saturated heterocycles. The molecular weight excluding hydrogens is 414 g/mol. The molecule has 0 aliphatic carbocycles. The minimum absolute atomic E-state index is 0.0350. The van der Waals surface area contributed by atoms with Gasteiger partial charge in [0, 0.05) is 10.9 Å². The third-order valence-corrected chi connectivity index (χ3v) is 5.25. The molecule has 2 heterocycles. The molecule has 2 aromatic heterocycles. The summed E-state index contributed by atoms with van der Waals surface area (Å²) < 4.78 is 0. The van der Waals surface area contributed by atoms with Crippen LogP contribution < -0.4 is 22.2 Å². The van der Waals surface area contributed by atoms with Crippen molar-refractivity contribution in [1.29, 1.82) is 5.26 Å². The van der Waals surface area contributed by atoms with Gasteiger partial charge in [-0.25, -0.2) is 0 Å². The van der Waals surface area contributed by atoms with Crippen LogP contribution in [0, 0.1) is 11.3 Å². The maximum absolute atomic E-state index is 13.5. The number of hydrogen-bond acceptors (Lipinski definition) is 7. The highest BCUT2D eigenvalue weighted by atomic mass is 35.5. The van der Waals surface area contributed by atoms with E-state index < -0.39 is 6.04 Å². The van der Waals surface area contributed by atoms with E-state index >= 15 is 0 Å². The molecular formula is C22H18ClN7O. The number of benzene rings is 2. The molecule has 9 heteroatoms. The fourth-order valence-corrected chi connectivity index (χ4v) is 3.75. The highest BCUT2D eigenvalue weighted by Gasteiger charge is 2.22. The van der Waals surface area contributed by atoms with Crippen LogP contribution in [0.4, 0.5) is 17.6 Å². The Balaban J connectivity index is 1.94. The van der Waals surface area contributed by atoms with Crippen LogP contribution in [0.25, 0.3) is 22.2 Å². The lowest BCUT2D eigenvalue weighted by atomic mass is 9.97. The van der Waals surface area contributed by atoms with Crippen molar-refractivity contribution in [2.75, 3.05) is 16.8 Å². The first-order valence-corrected chi connectivity index (χ1v) is 9.78. The number of anilines is 3. The second-order valence-corrected chi connectivity index (χ2v) is 7.35. The number of para-hydroxylation sites is 1. The van der Waals surface area contributed by atoms with Gasteiger partial charge >= 0.3 is 0 Å². The van der Waals surface area contributed by atoms with E-state index in [0.717, 1.165) is 5.56 Å². The Morgan fingerprint density at radius 2 is 1.87 bits per heavy atom. The molecule has 0 bridgehead atoms. The maximum atomic E-state index is 13.5. The van der Waals surface area contributed by atoms with Gasteiger partial charge in [0.25, 0.3) is 0 Å². The number of aromatic amines is 1. The standard InChI is InChI=1S/C22H18ClN7O/c1-11(27-21-14(10-24)20(25)29-22(26)30-21)16-17(12-6-3-2-4-7-12)28-18-13(19(16)31)8-5-9-15(18)23/h2-9,11H,1H3,(H,28,31)(H5,25,26,27,29,30). The summed E-state index contributed by atoms with van der Waals surface area (Å²) >= 11 is 6.36. The number of hydrogen-bond donors (Lipinski definition) is 4. The van der Waals surface area contributed by atoms with E-state index in [1.165, 1.54) is 0 Å². The lowest BCUT2D eigenvalue weighted by Gasteiger charge is -2.20. The molecule has 6 N–H and O–H groups in total. The number of pyridine rings is 1. The largest absolute Gasteiger partial charge is 0.382 e. The van der Waals surface area contributed by atoms with Gasteiger partial charge < -0.3 is 21.8 Å². The molecule has 2 aromatic carbocycles. The summed E-state index contributed by atoms with van der Waals surface area (Å²) in [5.74, 6) is 0.0467. The molecule has 4 rings (SSSR count). The molecule has 0 spiro atoms. The van der Waals surface area contributed by atoms with E-state index in [-0.39, 0.29) is 28.6 Å². The summed E-state index contributed by atoms with van der Waals surface area (Å²) in [5, 5.41) is 13.5. The first kappa shape index (κ1) is 20.2. The van der Waals surface area contributed by atoms with Crippen molar-refractivity contribution in [3.63, 3.8) is 0 Å². The van der Waals surface area contributed by atoms with E-state index in [0.29, 0.717) is 27.2 Å². The highest BCUT2D eigenvalue weighted by molar-refractivity contribution is 6.35. The summed E-state index contributed by atoms with van der Waals surface area (Å²) in [7, 11) is 0. The Kier molecular flexibility index (Phi) is 5.19. The fraction of sp³-hybridized carbons (Fsp3) is 0.0909. The summed E-state index contributed by atoms with van der Waals surface area (Å²) in [6.45, 7) is 1.79. The van der Waals surface area contributed by atoms with Gasteiger partial charge in [0.1, 0.15) is 17.5 Å². The van der Waals surface area contributed by atoms with E-state index in [1.54, 1.807) is 25.1 Å². The summed E-state index contributed by atoms with van der Waals surface area (Å²) in [6, 6.07) is 16.0. The first-order chi connectivity index (χ1) is 14.9. The Labute approximate surface area is 182 Å². The smallest absolute Gasteiger partial charge is 0.224 e. The van der Waals surface area contributed by atoms with Gasteiger partial charge in [0.15, 0.2) is 11.2 Å². The molecule has 0 aliphatic rings. The van der Waals surface area contributed by atoms with E-state index in [4.69, 9.17) is 23.1 Å². The molecule has 4 aromatic rings. The van der Waals surface area contributed by atoms with Crippen LogP contribution in [0.1, 0.15) is 24.1 Å². The number of nitrogens with zero attached hydrogens (tertiary/aromatic N) is 3. The molecule has 8 nitrogen and oxygen atoms in total. The molecule has 0 amide bonds. The minimum atomic E-state index is -0.553. The summed E-state index contributed by atoms with van der Waals surface area (Å²) in [6.07, 6.45) is 0. The molecule has 0 aliphatic heterocycles. The monoisotopic (exact) mass is 431 g/mol. The summed E-state index contributed by atoms with van der Waals surface area (Å²) in [4.78, 5) is 24.8. The zero-order chi connectivity index (χ0) is 22.1. The van der Waals surface area contributed by atoms with Gasteiger partial charge in [0.05, 0.1) is 22.3 Å². The number of halogens is 1. The van der Waals surface area contributed by atoms with Gasteiger partial charge in [-0.15, -0.1) is 0 Å². The van der Waals surface area contributed by atoms with E-state index in [9.17, 15) is 10.1 Å². The van der Waals surface area contributed by atoms with Gasteiger partial charge in [-0.3, -0.25) is 4.79 Å². The molecule has 154 valence electrons. The maximum Gasteiger partial charge on any atom is 0.224 e. The van der Waals surface area contributed by atoms with Crippen molar-refractivity contribution in [3.8, 4) is 17.3 Å². The van der Waals surface area contributed by atoms with Crippen molar-refractivity contribution in [1.82, 2.24) is 15.0 Å². The van der Waals surface area contributed by atoms with E-state index in [1.807, 2.05) is 36.4 Å². The molecule has 1 unspecified atom stereocenters. The average molecular weight is 432 g/mol. The Hall–Kier alpha value is -4.09. The topological polar surface area (TPSA) is 146 Å². The number of H-pyrrole nitrogens is 1. The third kappa shape index (κ3) is 3.63. The predicted molar refractivity (Wildman–Crippen MR) is 123 cm³/mol. The van der Waals surface area contributed by atoms with Crippen molar-refractivity contribution in [2.24, 2.45) is 0 Å². The summed E-state index contributed by atoms with van der Waals surface area (Å²) in [5.41, 5.74) is 13.8. The predicted octanol–water partition coefficient (Wildman–Crippen LogP) is 3.85. The molecule has 0 radical (unpaired) electrons. The lowest BCUT2D eigenvalue weighted by Crippen LogP contribution is -2.21. The number of aromatic nitrogens is 3. The second-order valence-electron chi connectivity index (χ2n) is 6.94. The Morgan fingerprint density at radius 1 is 1.13 bits per heavy atom. The van der Waals surface area contributed by atoms with Crippen molar-refractivity contribution in [2.45, 2.75) is 13.0 Å². The number of fused-ring (bicyclic) bond motifs is 1. The molecule has 31 heavy (non-hydrogen) atoms. The molecule has 0 saturated carbocycles.